The summed E-state index contributed by atoms with van der Waals surface area (Å²) in [7, 11) is 4.62. The van der Waals surface area contributed by atoms with Gasteiger partial charge in [0, 0.05) is 84.4 Å². The fraction of sp³-hybridized carbons (Fsp3) is 0.453. The number of hydrogen-bond donors (Lipinski definition) is 4. The lowest BCUT2D eigenvalue weighted by molar-refractivity contribution is -0.125. The maximum absolute atomic E-state index is 13.4. The van der Waals surface area contributed by atoms with Gasteiger partial charge in [-0.3, -0.25) is 28.7 Å². The molecule has 1 fully saturated rings. The van der Waals surface area contributed by atoms with E-state index in [1.165, 1.54) is 23.6 Å². The normalized spacial score (nSPS) is 14.5. The average molecular weight is 1070 g/mol. The monoisotopic (exact) mass is 1070 g/mol. The van der Waals surface area contributed by atoms with Crippen molar-refractivity contribution in [3.05, 3.63) is 102 Å². The van der Waals surface area contributed by atoms with Gasteiger partial charge in [-0.1, -0.05) is 73.9 Å². The fourth-order valence-electron chi connectivity index (χ4n) is 9.47. The Balaban J connectivity index is 0.716. The molecule has 2 aromatic carbocycles. The molecule has 0 saturated carbocycles. The number of benzene rings is 2. The molecule has 2 aliphatic heterocycles. The van der Waals surface area contributed by atoms with Gasteiger partial charge in [-0.05, 0) is 76.3 Å². The van der Waals surface area contributed by atoms with Gasteiger partial charge in [0.2, 0.25) is 17.8 Å². The third-order valence-electron chi connectivity index (χ3n) is 13.7. The van der Waals surface area contributed by atoms with Crippen molar-refractivity contribution in [2.75, 3.05) is 57.2 Å². The first-order valence-electron chi connectivity index (χ1n) is 25.2. The number of nitrogens with zero attached hydrogens (tertiary/aromatic N) is 8. The molecule has 6 aromatic rings. The molecular weight excluding hydrogens is 1000 g/mol. The van der Waals surface area contributed by atoms with Crippen LogP contribution in [-0.4, -0.2) is 99.7 Å². The van der Waals surface area contributed by atoms with Gasteiger partial charge in [-0.2, -0.15) is 4.98 Å². The van der Waals surface area contributed by atoms with E-state index in [2.05, 4.69) is 59.8 Å². The molecule has 1 atom stereocenters. The van der Waals surface area contributed by atoms with Crippen LogP contribution in [0, 0.1) is 26.7 Å². The SMILES string of the molecule is CNC(=O)COc1cc2cc(Nc3nc(N4CCC(C(=O)NCCCCCCCCCCNC(=O)C[C@@H]5N=C(c6ccc(Cl)cc6)c6c(sc(C)c6C)-n6c(C)nnc65)CC4)ncc3Cl)cc(OC)c2n(C)c1=O. The number of carbonyl (C=O) groups is 3. The summed E-state index contributed by atoms with van der Waals surface area (Å²) in [6.07, 6.45) is 11.5. The van der Waals surface area contributed by atoms with Crippen molar-refractivity contribution >= 4 is 86.3 Å². The largest absolute Gasteiger partial charge is 0.494 e. The van der Waals surface area contributed by atoms with Crippen molar-refractivity contribution in [1.29, 1.82) is 0 Å². The Morgan fingerprint density at radius 2 is 1.55 bits per heavy atom. The predicted octanol–water partition coefficient (Wildman–Crippen LogP) is 8.63. The number of carbonyl (C=O) groups excluding carboxylic acids is 3. The summed E-state index contributed by atoms with van der Waals surface area (Å²) in [4.78, 5) is 69.0. The van der Waals surface area contributed by atoms with Crippen LogP contribution in [0.15, 0.2) is 58.4 Å². The zero-order chi connectivity index (χ0) is 52.5. The van der Waals surface area contributed by atoms with E-state index in [0.29, 0.717) is 89.0 Å². The van der Waals surface area contributed by atoms with E-state index >= 15 is 0 Å². The summed E-state index contributed by atoms with van der Waals surface area (Å²) in [5.41, 5.74) is 4.71. The van der Waals surface area contributed by atoms with Gasteiger partial charge in [-0.15, -0.1) is 21.5 Å². The second kappa shape index (κ2) is 24.6. The molecule has 2 aliphatic rings. The van der Waals surface area contributed by atoms with Gasteiger partial charge < -0.3 is 40.2 Å². The smallest absolute Gasteiger partial charge is 0.293 e. The molecule has 21 heteroatoms. The van der Waals surface area contributed by atoms with E-state index in [4.69, 9.17) is 42.7 Å². The number of likely N-dealkylation sites (N-methyl/N-ethyl adjacent to an activating group) is 1. The number of piperidine rings is 1. The number of halogens is 2. The molecular formula is C53H64Cl2N12O6S. The minimum atomic E-state index is -0.496. The highest BCUT2D eigenvalue weighted by molar-refractivity contribution is 7.15. The van der Waals surface area contributed by atoms with Gasteiger partial charge >= 0.3 is 0 Å². The highest BCUT2D eigenvalue weighted by Gasteiger charge is 2.33. The first kappa shape index (κ1) is 53.7. The Morgan fingerprint density at radius 3 is 2.24 bits per heavy atom. The van der Waals surface area contributed by atoms with Crippen molar-refractivity contribution in [3.8, 4) is 16.5 Å². The summed E-state index contributed by atoms with van der Waals surface area (Å²) < 4.78 is 14.7. The number of unbranched alkanes of at least 4 members (excludes halogenated alkanes) is 7. The van der Waals surface area contributed by atoms with E-state index in [1.807, 2.05) is 37.3 Å². The van der Waals surface area contributed by atoms with E-state index in [0.717, 1.165) is 84.6 Å². The number of amides is 3. The van der Waals surface area contributed by atoms with E-state index < -0.39 is 11.6 Å². The number of anilines is 3. The molecule has 4 aromatic heterocycles. The van der Waals surface area contributed by atoms with Gasteiger partial charge in [0.15, 0.2) is 24.0 Å². The van der Waals surface area contributed by atoms with E-state index in [1.54, 1.807) is 36.7 Å². The summed E-state index contributed by atoms with van der Waals surface area (Å²) in [6, 6.07) is 12.3. The zero-order valence-corrected chi connectivity index (χ0v) is 45.1. The first-order chi connectivity index (χ1) is 35.7. The van der Waals surface area contributed by atoms with Crippen LogP contribution in [0.2, 0.25) is 10.0 Å². The average Bonchev–Trinajstić information content (AvgIpc) is 3.89. The maximum Gasteiger partial charge on any atom is 0.293 e. The van der Waals surface area contributed by atoms with E-state index in [-0.39, 0.29) is 42.4 Å². The molecule has 4 N–H and O–H groups in total. The number of nitrogens with one attached hydrogen (secondary N) is 4. The molecule has 0 bridgehead atoms. The molecule has 74 heavy (non-hydrogen) atoms. The Bertz CT molecular complexity index is 3090. The number of rotatable bonds is 22. The van der Waals surface area contributed by atoms with Crippen molar-refractivity contribution in [2.24, 2.45) is 18.0 Å². The number of methoxy groups -OCH3 is 1. The lowest BCUT2D eigenvalue weighted by Gasteiger charge is -2.31. The number of ether oxygens (including phenoxy) is 2. The molecule has 8 rings (SSSR count). The summed E-state index contributed by atoms with van der Waals surface area (Å²) >= 11 is 14.5. The minimum absolute atomic E-state index is 0.0222. The molecule has 6 heterocycles. The number of thiophene rings is 1. The number of aromatic nitrogens is 6. The third-order valence-corrected chi connectivity index (χ3v) is 15.4. The lowest BCUT2D eigenvalue weighted by atomic mass is 9.96. The van der Waals surface area contributed by atoms with Crippen LogP contribution in [-0.2, 0) is 21.4 Å². The summed E-state index contributed by atoms with van der Waals surface area (Å²) in [6.45, 7) is 8.37. The first-order valence-corrected chi connectivity index (χ1v) is 26.8. The van der Waals surface area contributed by atoms with Crippen molar-refractivity contribution in [1.82, 2.24) is 45.2 Å². The number of aliphatic imine (C=N–C) groups is 1. The minimum Gasteiger partial charge on any atom is -0.494 e. The van der Waals surface area contributed by atoms with Crippen LogP contribution in [0.4, 0.5) is 17.5 Å². The molecule has 0 spiro atoms. The zero-order valence-electron chi connectivity index (χ0n) is 42.8. The number of fused-ring (bicyclic) bond motifs is 4. The van der Waals surface area contributed by atoms with Crippen LogP contribution in [0.5, 0.6) is 11.5 Å². The predicted molar refractivity (Wildman–Crippen MR) is 291 cm³/mol. The number of aryl methyl sites for hydroxylation is 3. The van der Waals surface area contributed by atoms with Gasteiger partial charge in [0.25, 0.3) is 11.5 Å². The molecule has 0 radical (unpaired) electrons. The Kier molecular flexibility index (Phi) is 17.9. The van der Waals surface area contributed by atoms with Crippen LogP contribution in [0.3, 0.4) is 0 Å². The fourth-order valence-corrected chi connectivity index (χ4v) is 10.9. The number of hydrogen-bond acceptors (Lipinski definition) is 14. The van der Waals surface area contributed by atoms with Gasteiger partial charge in [0.05, 0.1) is 31.0 Å². The second-order valence-corrected chi connectivity index (χ2v) is 20.8. The number of pyridine rings is 1. The lowest BCUT2D eigenvalue weighted by Crippen LogP contribution is -2.41. The maximum atomic E-state index is 13.4. The van der Waals surface area contributed by atoms with Crippen molar-refractivity contribution < 1.29 is 23.9 Å². The summed E-state index contributed by atoms with van der Waals surface area (Å²) in [5.74, 6) is 2.35. The molecule has 18 nitrogen and oxygen atoms in total. The topological polar surface area (TPSA) is 212 Å². The highest BCUT2D eigenvalue weighted by atomic mass is 35.5. The van der Waals surface area contributed by atoms with Crippen LogP contribution >= 0.6 is 34.5 Å². The van der Waals surface area contributed by atoms with Gasteiger partial charge in [0.1, 0.15) is 27.6 Å². The molecule has 1 saturated heterocycles. The van der Waals surface area contributed by atoms with E-state index in [9.17, 15) is 19.2 Å². The molecule has 0 aliphatic carbocycles. The molecule has 3 amide bonds. The summed E-state index contributed by atoms with van der Waals surface area (Å²) in [5, 5.41) is 23.6. The molecule has 0 unspecified atom stereocenters. The Hall–Kier alpha value is -6.57. The van der Waals surface area contributed by atoms with Crippen molar-refractivity contribution in [2.45, 2.75) is 97.4 Å². The van der Waals surface area contributed by atoms with Gasteiger partial charge in [-0.25, -0.2) is 4.98 Å². The third kappa shape index (κ3) is 12.5. The molecule has 392 valence electrons. The highest BCUT2D eigenvalue weighted by Crippen LogP contribution is 2.40. The van der Waals surface area contributed by atoms with Crippen molar-refractivity contribution in [3.63, 3.8) is 0 Å². The standard InChI is InChI=1S/C53H64Cl2N12O6S/c1-31-32(2)74-52-45(31)46(34-15-17-37(54)18-16-34)61-40(49-64-63-33(3)67(49)52)28-43(68)57-21-13-11-9-7-8-10-12-14-22-58-50(70)35-19-23-66(24-20-35)53-59-29-39(55)48(62-53)60-38-25-36-26-42(73-30-44(69)56-4)51(71)65(5)47(36)41(27-38)72-6/h15-18,25-27,29,35,40H,7-14,19-24,28,30H2,1-6H3,(H,56,69)(H,57,68)(H,58,70)(H,59,60,62)/t40-/m0/s1. The van der Waals surface area contributed by atoms with Crippen LogP contribution < -0.4 is 41.2 Å². The van der Waals surface area contributed by atoms with Crippen LogP contribution in [0.1, 0.15) is 110 Å². The quantitative estimate of drug-likeness (QED) is 0.0471. The van der Waals surface area contributed by atoms with Crippen LogP contribution in [0.25, 0.3) is 15.9 Å². The second-order valence-electron chi connectivity index (χ2n) is 18.8. The Labute approximate surface area is 444 Å². The Morgan fingerprint density at radius 1 is 0.865 bits per heavy atom.